The molecule has 0 N–H and O–H groups in total. The average Bonchev–Trinajstić information content (AvgIpc) is 3.14. The molecule has 0 saturated heterocycles. The Hall–Kier alpha value is -2.00. The first-order valence-corrected chi connectivity index (χ1v) is 23.0. The molecule has 0 radical (unpaired) electrons. The van der Waals surface area contributed by atoms with Crippen molar-refractivity contribution in [1.29, 1.82) is 0 Å². The van der Waals surface area contributed by atoms with Gasteiger partial charge in [0.15, 0.2) is 6.10 Å². The van der Waals surface area contributed by atoms with Crippen LogP contribution in [0.5, 0.6) is 0 Å². The summed E-state index contributed by atoms with van der Waals surface area (Å²) in [4.78, 5) is 48.1. The Morgan fingerprint density at radius 2 is 0.907 bits per heavy atom. The third-order valence-corrected chi connectivity index (χ3v) is 10.2. The number of carbonyl (C=O) groups is 3. The number of phosphoric ester groups is 1. The molecule has 0 aromatic carbocycles. The third kappa shape index (κ3) is 36.9. The molecule has 11 heteroatoms. The van der Waals surface area contributed by atoms with E-state index in [0.29, 0.717) is 12.8 Å². The molecule has 0 aromatic rings. The number of rotatable bonds is 40. The number of hydrogen-bond donors (Lipinski definition) is 0. The van der Waals surface area contributed by atoms with Gasteiger partial charge >= 0.3 is 11.9 Å². The van der Waals surface area contributed by atoms with E-state index in [0.717, 1.165) is 77.0 Å². The molecule has 10 nitrogen and oxygen atoms in total. The second kappa shape index (κ2) is 37.9. The predicted octanol–water partition coefficient (Wildman–Crippen LogP) is 10.4. The molecular formula is C43H77O10P-2. The van der Waals surface area contributed by atoms with Crippen LogP contribution in [0.15, 0.2) is 24.3 Å². The maximum Gasteiger partial charge on any atom is 0.306 e. The molecule has 0 spiro atoms. The molecule has 0 heterocycles. The summed E-state index contributed by atoms with van der Waals surface area (Å²) in [5.74, 6) is -3.64. The molecule has 3 atom stereocenters. The first-order chi connectivity index (χ1) is 26.1. The smallest absolute Gasteiger partial charge is 0.306 e. The van der Waals surface area contributed by atoms with E-state index in [2.05, 4.69) is 42.7 Å². The second-order valence-electron chi connectivity index (χ2n) is 14.7. The van der Waals surface area contributed by atoms with Crippen LogP contribution in [0.4, 0.5) is 0 Å². The lowest BCUT2D eigenvalue weighted by Crippen LogP contribution is -2.33. The highest BCUT2D eigenvalue weighted by molar-refractivity contribution is 7.45. The van der Waals surface area contributed by atoms with Crippen molar-refractivity contribution in [1.82, 2.24) is 0 Å². The van der Waals surface area contributed by atoms with Crippen LogP contribution >= 0.6 is 7.82 Å². The van der Waals surface area contributed by atoms with Crippen molar-refractivity contribution in [2.45, 2.75) is 207 Å². The van der Waals surface area contributed by atoms with Crippen LogP contribution in [0.1, 0.15) is 201 Å². The molecule has 0 aromatic heterocycles. The number of aliphatic carboxylic acids is 1. The fraction of sp³-hybridized carbons (Fsp3) is 0.837. The summed E-state index contributed by atoms with van der Waals surface area (Å²) in [6.07, 6.45) is 38.0. The van der Waals surface area contributed by atoms with Gasteiger partial charge in [-0.2, -0.15) is 0 Å². The minimum atomic E-state index is -4.91. The van der Waals surface area contributed by atoms with Gasteiger partial charge < -0.3 is 33.3 Å². The minimum Gasteiger partial charge on any atom is -0.756 e. The summed E-state index contributed by atoms with van der Waals surface area (Å²) in [7, 11) is -4.91. The molecular weight excluding hydrogens is 707 g/mol. The van der Waals surface area contributed by atoms with Crippen molar-refractivity contribution in [2.24, 2.45) is 5.92 Å². The van der Waals surface area contributed by atoms with Crippen LogP contribution in [0.25, 0.3) is 0 Å². The van der Waals surface area contributed by atoms with E-state index in [1.807, 2.05) is 0 Å². The summed E-state index contributed by atoms with van der Waals surface area (Å²) in [6.45, 7) is 4.06. The van der Waals surface area contributed by atoms with E-state index >= 15 is 0 Å². The molecule has 0 aliphatic heterocycles. The lowest BCUT2D eigenvalue weighted by Gasteiger charge is -2.27. The monoisotopic (exact) mass is 785 g/mol. The van der Waals surface area contributed by atoms with Crippen molar-refractivity contribution in [3.63, 3.8) is 0 Å². The zero-order chi connectivity index (χ0) is 40.0. The molecule has 0 bridgehead atoms. The molecule has 0 fully saturated rings. The molecule has 0 aliphatic rings. The quantitative estimate of drug-likeness (QED) is 0.0254. The number of allylic oxidation sites excluding steroid dienone is 4. The fourth-order valence-corrected chi connectivity index (χ4v) is 6.61. The van der Waals surface area contributed by atoms with Crippen LogP contribution in [0.3, 0.4) is 0 Å². The number of unbranched alkanes of at least 4 members (excludes halogenated alkanes) is 22. The van der Waals surface area contributed by atoms with Crippen molar-refractivity contribution in [3.8, 4) is 0 Å². The number of carbonyl (C=O) groups excluding carboxylic acids is 3. The van der Waals surface area contributed by atoms with Gasteiger partial charge in [0.2, 0.25) is 0 Å². The molecule has 0 amide bonds. The molecule has 0 rings (SSSR count). The van der Waals surface area contributed by atoms with Crippen LogP contribution < -0.4 is 10.00 Å². The Morgan fingerprint density at radius 1 is 0.537 bits per heavy atom. The first-order valence-electron chi connectivity index (χ1n) is 21.6. The maximum absolute atomic E-state index is 12.6. The van der Waals surface area contributed by atoms with Crippen LogP contribution in [0.2, 0.25) is 0 Å². The molecule has 1 unspecified atom stereocenters. The van der Waals surface area contributed by atoms with Gasteiger partial charge in [0.25, 0.3) is 7.82 Å². The van der Waals surface area contributed by atoms with Gasteiger partial charge in [0.05, 0.1) is 13.2 Å². The highest BCUT2D eigenvalue weighted by atomic mass is 31.2. The molecule has 316 valence electrons. The van der Waals surface area contributed by atoms with Gasteiger partial charge in [0.1, 0.15) is 6.61 Å². The van der Waals surface area contributed by atoms with Crippen LogP contribution in [-0.4, -0.2) is 43.8 Å². The number of carboxylic acid groups (broad SMARTS) is 1. The molecule has 0 aliphatic carbocycles. The summed E-state index contributed by atoms with van der Waals surface area (Å²) >= 11 is 0. The Bertz CT molecular complexity index is 1010. The van der Waals surface area contributed by atoms with E-state index in [4.69, 9.17) is 14.0 Å². The van der Waals surface area contributed by atoms with Crippen molar-refractivity contribution < 1.29 is 47.5 Å². The maximum atomic E-state index is 12.6. The topological polar surface area (TPSA) is 151 Å². The zero-order valence-corrected chi connectivity index (χ0v) is 35.3. The summed E-state index contributed by atoms with van der Waals surface area (Å²) in [6, 6.07) is 0. The highest BCUT2D eigenvalue weighted by Gasteiger charge is 2.21. The summed E-state index contributed by atoms with van der Waals surface area (Å²) < 4.78 is 32.4. The zero-order valence-electron chi connectivity index (χ0n) is 34.4. The van der Waals surface area contributed by atoms with Crippen LogP contribution in [-0.2, 0) is 37.5 Å². The van der Waals surface area contributed by atoms with E-state index in [1.165, 1.54) is 84.0 Å². The van der Waals surface area contributed by atoms with E-state index in [9.17, 15) is 28.9 Å². The number of hydrogen-bond acceptors (Lipinski definition) is 10. The van der Waals surface area contributed by atoms with Crippen molar-refractivity contribution >= 4 is 25.7 Å². The summed E-state index contributed by atoms with van der Waals surface area (Å²) in [5, 5.41) is 10.9. The lowest BCUT2D eigenvalue weighted by molar-refractivity contribution is -0.312. The first kappa shape index (κ1) is 52.0. The second-order valence-corrected chi connectivity index (χ2v) is 16.1. The molecule has 54 heavy (non-hydrogen) atoms. The summed E-state index contributed by atoms with van der Waals surface area (Å²) in [5.41, 5.74) is 0. The van der Waals surface area contributed by atoms with Gasteiger partial charge in [-0.3, -0.25) is 14.2 Å². The minimum absolute atomic E-state index is 0.145. The number of phosphoric acid groups is 1. The van der Waals surface area contributed by atoms with Gasteiger partial charge in [-0.15, -0.1) is 0 Å². The Balaban J connectivity index is 4.40. The third-order valence-electron chi connectivity index (χ3n) is 9.32. The Morgan fingerprint density at radius 3 is 1.33 bits per heavy atom. The number of esters is 2. The van der Waals surface area contributed by atoms with Gasteiger partial charge in [-0.1, -0.05) is 148 Å². The molecule has 0 saturated carbocycles. The van der Waals surface area contributed by atoms with Crippen molar-refractivity contribution in [3.05, 3.63) is 24.3 Å². The number of carboxylic acids is 1. The predicted molar refractivity (Wildman–Crippen MR) is 213 cm³/mol. The number of ether oxygens (including phenoxy) is 2. The normalized spacial score (nSPS) is 14.0. The highest BCUT2D eigenvalue weighted by Crippen LogP contribution is 2.39. The van der Waals surface area contributed by atoms with Gasteiger partial charge in [0, 0.05) is 24.7 Å². The van der Waals surface area contributed by atoms with E-state index in [-0.39, 0.29) is 19.4 Å². The lowest BCUT2D eigenvalue weighted by atomic mass is 10.1. The van der Waals surface area contributed by atoms with Crippen LogP contribution in [0, 0.1) is 5.92 Å². The SMILES string of the molecule is CCCCCCCC/C=C\CCCCCCCC(=O)OC[C@H](COP(=O)([O-])OC[C@H](C)C(=O)[O-])OC(=O)CCCCCCC/C=C\CCCCCCCC. The van der Waals surface area contributed by atoms with E-state index in [1.54, 1.807) is 0 Å². The van der Waals surface area contributed by atoms with E-state index < -0.39 is 51.0 Å². The van der Waals surface area contributed by atoms with Gasteiger partial charge in [-0.25, -0.2) is 0 Å². The van der Waals surface area contributed by atoms with Crippen molar-refractivity contribution in [2.75, 3.05) is 19.8 Å². The Kier molecular flexibility index (Phi) is 36.5. The fourth-order valence-electron chi connectivity index (χ4n) is 5.78. The Labute approximate surface area is 329 Å². The average molecular weight is 785 g/mol. The van der Waals surface area contributed by atoms with Gasteiger partial charge in [-0.05, 0) is 64.2 Å². The largest absolute Gasteiger partial charge is 0.756 e. The standard InChI is InChI=1S/C43H79O10P/c1-4-6-8-10-12-14-16-18-20-22-24-26-28-30-32-34-41(44)50-37-40(38-52-54(48,49)51-36-39(3)43(46)47)53-42(45)35-33-31-29-27-25-23-21-19-17-15-13-11-9-7-5-2/h18-21,39-40H,4-17,22-38H2,1-3H3,(H,46,47)(H,48,49)/p-2/b20-18-,21-19-/t39-,40+/m0/s1.